The number of nitrogens with zero attached hydrogens (tertiary/aromatic N) is 3. The molecule has 3 aromatic rings. The maximum Gasteiger partial charge on any atom is 0.346 e. The first-order valence-corrected chi connectivity index (χ1v) is 10.1. The highest BCUT2D eigenvalue weighted by Crippen LogP contribution is 2.44. The number of fused-ring (bicyclic) bond motifs is 1. The number of hydrogen-bond acceptors (Lipinski definition) is 3. The van der Waals surface area contributed by atoms with Gasteiger partial charge in [0.1, 0.15) is 0 Å². The minimum atomic E-state index is -0.382. The lowest BCUT2D eigenvalue weighted by atomic mass is 9.86. The van der Waals surface area contributed by atoms with E-state index in [0.29, 0.717) is 28.6 Å². The molecule has 7 heteroatoms. The van der Waals surface area contributed by atoms with E-state index in [-0.39, 0.29) is 11.9 Å². The standard InChI is InChI=1S/C23H20ClN5O/c1-3-9-19-21(25-2)20(16-12-7-8-13-18(16)24)17-14-29(28-22(17)27-19)23(30)26-15-10-5-4-6-11-15/h4-8,10-14,20H,3,9H2,1H3,(H,26,30)(H,27,28). The van der Waals surface area contributed by atoms with Gasteiger partial charge < -0.3 is 10.6 Å². The predicted molar refractivity (Wildman–Crippen MR) is 119 cm³/mol. The summed E-state index contributed by atoms with van der Waals surface area (Å²) in [7, 11) is 0. The molecule has 6 nitrogen and oxygen atoms in total. The number of carbonyl (C=O) groups excluding carboxylic acids is 1. The fourth-order valence-corrected chi connectivity index (χ4v) is 3.87. The fourth-order valence-electron chi connectivity index (χ4n) is 3.63. The van der Waals surface area contributed by atoms with Crippen LogP contribution in [0.15, 0.2) is 72.2 Å². The molecule has 2 aromatic carbocycles. The van der Waals surface area contributed by atoms with Gasteiger partial charge in [-0.3, -0.25) is 0 Å². The number of aromatic nitrogens is 2. The van der Waals surface area contributed by atoms with Crippen molar-refractivity contribution in [2.45, 2.75) is 25.7 Å². The van der Waals surface area contributed by atoms with Crippen molar-refractivity contribution >= 4 is 29.1 Å². The molecule has 0 saturated heterocycles. The highest BCUT2D eigenvalue weighted by atomic mass is 35.5. The van der Waals surface area contributed by atoms with Crippen LogP contribution in [-0.4, -0.2) is 15.8 Å². The molecular weight excluding hydrogens is 398 g/mol. The summed E-state index contributed by atoms with van der Waals surface area (Å²) < 4.78 is 1.27. The van der Waals surface area contributed by atoms with Crippen molar-refractivity contribution in [3.8, 4) is 0 Å². The number of amides is 1. The molecule has 1 amide bonds. The third-order valence-electron chi connectivity index (χ3n) is 4.98. The van der Waals surface area contributed by atoms with Gasteiger partial charge in [0, 0.05) is 28.2 Å². The van der Waals surface area contributed by atoms with E-state index in [0.717, 1.165) is 23.2 Å². The Morgan fingerprint density at radius 2 is 1.93 bits per heavy atom. The van der Waals surface area contributed by atoms with E-state index in [1.807, 2.05) is 54.6 Å². The van der Waals surface area contributed by atoms with E-state index < -0.39 is 0 Å². The van der Waals surface area contributed by atoms with Gasteiger partial charge >= 0.3 is 6.03 Å². The normalized spacial score (nSPS) is 15.2. The van der Waals surface area contributed by atoms with E-state index in [2.05, 4.69) is 27.5 Å². The van der Waals surface area contributed by atoms with Crippen molar-refractivity contribution in [1.82, 2.24) is 9.78 Å². The third-order valence-corrected chi connectivity index (χ3v) is 5.32. The number of carbonyl (C=O) groups is 1. The van der Waals surface area contributed by atoms with Gasteiger partial charge in [-0.2, -0.15) is 4.68 Å². The highest BCUT2D eigenvalue weighted by molar-refractivity contribution is 6.31. The highest BCUT2D eigenvalue weighted by Gasteiger charge is 2.34. The lowest BCUT2D eigenvalue weighted by molar-refractivity contribution is 0.251. The first-order valence-electron chi connectivity index (χ1n) is 9.70. The Hall–Kier alpha value is -3.56. The zero-order valence-electron chi connectivity index (χ0n) is 16.4. The molecule has 1 aliphatic rings. The van der Waals surface area contributed by atoms with Crippen molar-refractivity contribution in [2.75, 3.05) is 10.6 Å². The summed E-state index contributed by atoms with van der Waals surface area (Å²) in [6.07, 6.45) is 3.25. The second-order valence-corrected chi connectivity index (χ2v) is 7.39. The Balaban J connectivity index is 1.77. The van der Waals surface area contributed by atoms with E-state index in [1.54, 1.807) is 6.20 Å². The number of allylic oxidation sites excluding steroid dienone is 2. The van der Waals surface area contributed by atoms with Crippen molar-refractivity contribution in [2.24, 2.45) is 0 Å². The van der Waals surface area contributed by atoms with Gasteiger partial charge in [-0.1, -0.05) is 61.3 Å². The van der Waals surface area contributed by atoms with Gasteiger partial charge in [0.2, 0.25) is 0 Å². The number of rotatable bonds is 4. The average molecular weight is 418 g/mol. The Kier molecular flexibility index (Phi) is 5.55. The monoisotopic (exact) mass is 417 g/mol. The summed E-state index contributed by atoms with van der Waals surface area (Å²) in [6, 6.07) is 16.3. The summed E-state index contributed by atoms with van der Waals surface area (Å²) in [4.78, 5) is 16.6. The van der Waals surface area contributed by atoms with Crippen LogP contribution in [0.25, 0.3) is 4.85 Å². The van der Waals surface area contributed by atoms with Crippen LogP contribution in [0, 0.1) is 6.57 Å². The average Bonchev–Trinajstić information content (AvgIpc) is 3.18. The van der Waals surface area contributed by atoms with Gasteiger partial charge in [-0.05, 0) is 30.2 Å². The summed E-state index contributed by atoms with van der Waals surface area (Å²) in [5.41, 5.74) is 3.65. The first-order chi connectivity index (χ1) is 14.6. The summed E-state index contributed by atoms with van der Waals surface area (Å²) in [5, 5.41) is 11.1. The molecule has 0 spiro atoms. The van der Waals surface area contributed by atoms with Crippen molar-refractivity contribution in [3.63, 3.8) is 0 Å². The minimum absolute atomic E-state index is 0.378. The van der Waals surface area contributed by atoms with Crippen LogP contribution in [0.1, 0.15) is 36.8 Å². The van der Waals surface area contributed by atoms with Crippen molar-refractivity contribution in [1.29, 1.82) is 0 Å². The van der Waals surface area contributed by atoms with Crippen molar-refractivity contribution < 1.29 is 4.79 Å². The van der Waals surface area contributed by atoms with Crippen LogP contribution < -0.4 is 10.6 Å². The fraction of sp³-hybridized carbons (Fsp3) is 0.174. The molecule has 0 radical (unpaired) electrons. The molecule has 2 heterocycles. The van der Waals surface area contributed by atoms with Crippen LogP contribution >= 0.6 is 11.6 Å². The van der Waals surface area contributed by atoms with Crippen LogP contribution in [0.4, 0.5) is 16.3 Å². The molecule has 0 bridgehead atoms. The lowest BCUT2D eigenvalue weighted by Gasteiger charge is -2.26. The summed E-state index contributed by atoms with van der Waals surface area (Å²) in [6.45, 7) is 9.87. The molecular formula is C23H20ClN5O. The van der Waals surface area contributed by atoms with E-state index >= 15 is 0 Å². The van der Waals surface area contributed by atoms with Gasteiger partial charge in [0.15, 0.2) is 11.5 Å². The second-order valence-electron chi connectivity index (χ2n) is 6.98. The van der Waals surface area contributed by atoms with Crippen LogP contribution in [-0.2, 0) is 0 Å². The lowest BCUT2D eigenvalue weighted by Crippen LogP contribution is -2.20. The van der Waals surface area contributed by atoms with Gasteiger partial charge in [-0.25, -0.2) is 9.64 Å². The Bertz CT molecular complexity index is 1160. The van der Waals surface area contributed by atoms with Gasteiger partial charge in [-0.15, -0.1) is 5.10 Å². The van der Waals surface area contributed by atoms with Crippen LogP contribution in [0.2, 0.25) is 5.02 Å². The Morgan fingerprint density at radius 1 is 1.20 bits per heavy atom. The topological polar surface area (TPSA) is 63.3 Å². The number of para-hydroxylation sites is 1. The van der Waals surface area contributed by atoms with E-state index in [1.165, 1.54) is 4.68 Å². The molecule has 0 saturated carbocycles. The van der Waals surface area contributed by atoms with Crippen LogP contribution in [0.3, 0.4) is 0 Å². The van der Waals surface area contributed by atoms with Gasteiger partial charge in [0.05, 0.1) is 12.5 Å². The number of benzene rings is 2. The first kappa shape index (κ1) is 19.7. The molecule has 0 fully saturated rings. The van der Waals surface area contributed by atoms with E-state index in [4.69, 9.17) is 18.2 Å². The molecule has 1 aromatic heterocycles. The zero-order valence-corrected chi connectivity index (χ0v) is 17.1. The SMILES string of the molecule is [C-]#[N+]C1=C(CCC)Nc2nn(C(=O)Nc3ccccc3)cc2C1c1ccccc1Cl. The molecule has 150 valence electrons. The maximum absolute atomic E-state index is 12.8. The smallest absolute Gasteiger partial charge is 0.346 e. The number of anilines is 2. The molecule has 0 aliphatic carbocycles. The molecule has 4 rings (SSSR count). The number of hydrogen-bond donors (Lipinski definition) is 2. The molecule has 2 N–H and O–H groups in total. The van der Waals surface area contributed by atoms with Crippen molar-refractivity contribution in [3.05, 3.63) is 99.8 Å². The molecule has 1 atom stereocenters. The quantitative estimate of drug-likeness (QED) is 0.504. The Morgan fingerprint density at radius 3 is 2.63 bits per heavy atom. The third kappa shape index (κ3) is 3.68. The van der Waals surface area contributed by atoms with Gasteiger partial charge in [0.25, 0.3) is 0 Å². The minimum Gasteiger partial charge on any atom is -0.352 e. The summed E-state index contributed by atoms with van der Waals surface area (Å²) >= 11 is 6.50. The molecule has 1 unspecified atom stereocenters. The molecule has 30 heavy (non-hydrogen) atoms. The Labute approximate surface area is 180 Å². The zero-order chi connectivity index (χ0) is 21.1. The molecule has 1 aliphatic heterocycles. The second kappa shape index (κ2) is 8.44. The predicted octanol–water partition coefficient (Wildman–Crippen LogP) is 6.11. The maximum atomic E-state index is 12.8. The number of halogens is 1. The number of nitrogens with one attached hydrogen (secondary N) is 2. The van der Waals surface area contributed by atoms with E-state index in [9.17, 15) is 4.79 Å². The largest absolute Gasteiger partial charge is 0.352 e. The summed E-state index contributed by atoms with van der Waals surface area (Å²) in [5.74, 6) is 0.186. The van der Waals surface area contributed by atoms with Crippen LogP contribution in [0.5, 0.6) is 0 Å².